The number of carbonyl (C=O) groups is 3. The molecule has 5 N–H and O–H groups in total. The maximum absolute atomic E-state index is 15.3. The van der Waals surface area contributed by atoms with Crippen LogP contribution in [0.4, 0.5) is 15.2 Å². The van der Waals surface area contributed by atoms with Gasteiger partial charge < -0.3 is 41.1 Å². The molecule has 0 spiro atoms. The summed E-state index contributed by atoms with van der Waals surface area (Å²) in [6.45, 7) is 17.1. The molecule has 8 heterocycles. The molecule has 0 saturated carbocycles. The number of nitrogen functional groups attached to an aromatic ring is 1. The Kier molecular flexibility index (Phi) is 16.8. The third kappa shape index (κ3) is 11.7. The molecule has 4 saturated heterocycles. The average Bonchev–Trinajstić information content (AvgIpc) is 4.41. The molecule has 3 aromatic heterocycles. The molecule has 17 nitrogen and oxygen atoms in total. The van der Waals surface area contributed by atoms with Crippen molar-refractivity contribution in [2.75, 3.05) is 88.5 Å². The molecule has 5 aliphatic rings. The Morgan fingerprint density at radius 1 is 1.01 bits per heavy atom. The minimum atomic E-state index is -0.820. The summed E-state index contributed by atoms with van der Waals surface area (Å²) in [7, 11) is 0. The van der Waals surface area contributed by atoms with Crippen molar-refractivity contribution >= 4 is 95.6 Å². The number of nitrogens with zero attached hydrogens (tertiary/aromatic N) is 8. The van der Waals surface area contributed by atoms with Crippen LogP contribution in [0, 0.1) is 29.5 Å². The molecule has 3 amide bonds. The summed E-state index contributed by atoms with van der Waals surface area (Å²) in [5.41, 5.74) is 12.5. The summed E-state index contributed by atoms with van der Waals surface area (Å²) < 4.78 is 23.5. The highest BCUT2D eigenvalue weighted by molar-refractivity contribution is 7.99. The zero-order valence-corrected chi connectivity index (χ0v) is 49.7. The minimum absolute atomic E-state index is 0.103. The first-order valence-corrected chi connectivity index (χ1v) is 31.3. The number of thioether (sulfide) groups is 1. The maximum atomic E-state index is 15.3. The molecule has 81 heavy (non-hydrogen) atoms. The molecular weight excluding hydrogens is 1110 g/mol. The van der Waals surface area contributed by atoms with Crippen LogP contribution < -0.4 is 32.3 Å². The van der Waals surface area contributed by atoms with E-state index < -0.39 is 23.3 Å². The van der Waals surface area contributed by atoms with Gasteiger partial charge >= 0.3 is 5.69 Å². The van der Waals surface area contributed by atoms with Gasteiger partial charge in [-0.15, -0.1) is 34.4 Å². The summed E-state index contributed by atoms with van der Waals surface area (Å²) in [6, 6.07) is 14.0. The lowest BCUT2D eigenvalue weighted by atomic mass is 9.85. The van der Waals surface area contributed by atoms with Crippen LogP contribution in [0.1, 0.15) is 95.1 Å². The molecule has 11 rings (SSSR count). The molecule has 6 atom stereocenters. The lowest BCUT2D eigenvalue weighted by Gasteiger charge is -2.39. The second kappa shape index (κ2) is 23.9. The fraction of sp³-hybridized carbons (Fsp3) is 0.508. The fourth-order valence-electron chi connectivity index (χ4n) is 12.6. The molecule has 2 unspecified atom stereocenters. The molecule has 5 aliphatic heterocycles. The van der Waals surface area contributed by atoms with Crippen molar-refractivity contribution in [1.82, 2.24) is 45.2 Å². The molecule has 0 aliphatic carbocycles. The zero-order chi connectivity index (χ0) is 56.9. The normalized spacial score (nSPS) is 21.2. The van der Waals surface area contributed by atoms with E-state index in [0.29, 0.717) is 82.4 Å². The standard InChI is InChI=1S/C59H70ClFN12O5S3/c1-33(35-9-11-36(12-10-35)50-34(2)64-32-80-50)65-56(75)45-8-6-19-72(45)57(76)53(59(3,4)5)67-46(74)17-25-78-24-7-18-69-20-22-70(23-21-69)30-39-31-79-52-48(40-15-16-44(61)51-47(40)42(27-62)54(63)81-51)43(60)26-41-49(52)73(39)58(77)68-55(41)71-28-37-13-14-38(29-71)66-37/h9-12,15-16,26,32-33,37-39,45,53,66H,6-8,13-14,17-25,28-31,63H2,1-5H3,(H,65,75)(H,67,74)/t33-,37?,38?,39-,45-,53+/m0/s1. The Hall–Kier alpha value is -5.70. The third-order valence-corrected chi connectivity index (χ3v) is 20.3. The van der Waals surface area contributed by atoms with E-state index in [4.69, 9.17) is 27.1 Å². The first-order valence-electron chi connectivity index (χ1n) is 28.2. The zero-order valence-electron chi connectivity index (χ0n) is 46.5. The molecule has 0 radical (unpaired) electrons. The second-order valence-corrected chi connectivity index (χ2v) is 26.7. The number of carbonyl (C=O) groups excluding carboxylic acids is 3. The smallest absolute Gasteiger partial charge is 0.350 e. The van der Waals surface area contributed by atoms with E-state index in [1.54, 1.807) is 34.1 Å². The number of anilines is 2. The predicted octanol–water partition coefficient (Wildman–Crippen LogP) is 8.36. The van der Waals surface area contributed by atoms with Crippen molar-refractivity contribution < 1.29 is 23.5 Å². The van der Waals surface area contributed by atoms with Crippen LogP contribution in [-0.2, 0) is 19.1 Å². The van der Waals surface area contributed by atoms with Crippen LogP contribution in [0.3, 0.4) is 0 Å². The van der Waals surface area contributed by atoms with Gasteiger partial charge in [-0.05, 0) is 80.2 Å². The van der Waals surface area contributed by atoms with Crippen LogP contribution in [0.5, 0.6) is 0 Å². The van der Waals surface area contributed by atoms with Gasteiger partial charge in [0.1, 0.15) is 34.8 Å². The number of aromatic nitrogens is 3. The van der Waals surface area contributed by atoms with E-state index in [0.717, 1.165) is 114 Å². The van der Waals surface area contributed by atoms with Crippen molar-refractivity contribution in [3.63, 3.8) is 0 Å². The lowest BCUT2D eigenvalue weighted by Crippen LogP contribution is -2.57. The Morgan fingerprint density at radius 3 is 2.46 bits per heavy atom. The fourth-order valence-corrected chi connectivity index (χ4v) is 16.0. The highest BCUT2D eigenvalue weighted by atomic mass is 35.5. The maximum Gasteiger partial charge on any atom is 0.350 e. The number of nitrogens with one attached hydrogen (secondary N) is 3. The van der Waals surface area contributed by atoms with Crippen molar-refractivity contribution in [3.8, 4) is 27.6 Å². The van der Waals surface area contributed by atoms with E-state index in [2.05, 4.69) is 41.7 Å². The average molecular weight is 1180 g/mol. The summed E-state index contributed by atoms with van der Waals surface area (Å²) >= 11 is 11.6. The van der Waals surface area contributed by atoms with Crippen molar-refractivity contribution in [3.05, 3.63) is 86.1 Å². The van der Waals surface area contributed by atoms with Crippen molar-refractivity contribution in [2.24, 2.45) is 5.41 Å². The monoisotopic (exact) mass is 1180 g/mol. The molecular formula is C59H70ClFN12O5S3. The molecule has 4 fully saturated rings. The topological polar surface area (TPSA) is 207 Å². The molecule has 6 aromatic rings. The second-order valence-electron chi connectivity index (χ2n) is 23.3. The number of piperazine rings is 2. The Morgan fingerprint density at radius 2 is 1.75 bits per heavy atom. The molecule has 428 valence electrons. The quantitative estimate of drug-likeness (QED) is 0.0634. The number of likely N-dealkylation sites (tertiary alicyclic amines) is 1. The van der Waals surface area contributed by atoms with Crippen molar-refractivity contribution in [1.29, 1.82) is 5.26 Å². The number of benzene rings is 3. The number of thiazole rings is 1. The van der Waals surface area contributed by atoms with Gasteiger partial charge in [0.25, 0.3) is 0 Å². The van der Waals surface area contributed by atoms with Crippen LogP contribution >= 0.6 is 46.0 Å². The molecule has 3 aromatic carbocycles. The Labute approximate surface area is 488 Å². The van der Waals surface area contributed by atoms with Gasteiger partial charge in [-0.25, -0.2) is 14.2 Å². The van der Waals surface area contributed by atoms with Crippen LogP contribution in [0.2, 0.25) is 5.02 Å². The van der Waals surface area contributed by atoms with E-state index in [-0.39, 0.29) is 59.1 Å². The number of nitrogens with two attached hydrogens (primary N) is 1. The molecule has 22 heteroatoms. The number of halogens is 2. The van der Waals surface area contributed by atoms with Gasteiger partial charge in [0.15, 0.2) is 0 Å². The van der Waals surface area contributed by atoms with E-state index in [9.17, 15) is 24.4 Å². The van der Waals surface area contributed by atoms with Crippen LogP contribution in [0.15, 0.2) is 57.7 Å². The number of nitriles is 1. The Bertz CT molecular complexity index is 3470. The number of amides is 3. The summed E-state index contributed by atoms with van der Waals surface area (Å²) in [5, 5.41) is 21.9. The van der Waals surface area contributed by atoms with Crippen LogP contribution in [0.25, 0.3) is 42.6 Å². The number of fused-ring (bicyclic) bond motifs is 3. The number of thiophene rings is 1. The number of ether oxygens (including phenoxy) is 1. The SMILES string of the molecule is Cc1ncsc1-c1ccc([C@H](C)NC(=O)[C@@H]2CCCN2C(=O)[C@@H](NC(=O)CCOCCCN2CCN(C[C@H]3CSc4c(-c5ccc(F)c6sc(N)c(C#N)c56)c(Cl)cc5c(N6CC7CCC(C6)N7)nc(=O)n3c45)CC2)C(C)(C)C)cc1. The van der Waals surface area contributed by atoms with E-state index >= 15 is 4.39 Å². The summed E-state index contributed by atoms with van der Waals surface area (Å²) in [5.74, 6) is 0.0231. The number of rotatable bonds is 17. The summed E-state index contributed by atoms with van der Waals surface area (Å²) in [4.78, 5) is 75.7. The largest absolute Gasteiger partial charge is 0.389 e. The number of aryl methyl sites for hydroxylation is 1. The lowest BCUT2D eigenvalue weighted by molar-refractivity contribution is -0.144. The predicted molar refractivity (Wildman–Crippen MR) is 321 cm³/mol. The van der Waals surface area contributed by atoms with Gasteiger partial charge in [0.05, 0.1) is 55.6 Å². The first-order chi connectivity index (χ1) is 38.9. The van der Waals surface area contributed by atoms with Gasteiger partial charge in [0.2, 0.25) is 17.7 Å². The Balaban J connectivity index is 0.674. The number of hydrogen-bond donors (Lipinski definition) is 4. The summed E-state index contributed by atoms with van der Waals surface area (Å²) in [6.07, 6.45) is 4.28. The third-order valence-electron chi connectivity index (χ3n) is 16.8. The van der Waals surface area contributed by atoms with Crippen molar-refractivity contribution in [2.45, 2.75) is 114 Å². The molecule has 2 bridgehead atoms. The number of hydrogen-bond acceptors (Lipinski definition) is 16. The van der Waals surface area contributed by atoms with Crippen LogP contribution in [-0.4, -0.2) is 149 Å². The van der Waals surface area contributed by atoms with Gasteiger partial charge in [-0.3, -0.25) is 23.9 Å². The van der Waals surface area contributed by atoms with Gasteiger partial charge in [-0.2, -0.15) is 10.2 Å². The van der Waals surface area contributed by atoms with E-state index in [1.807, 2.05) is 75.0 Å². The van der Waals surface area contributed by atoms with Gasteiger partial charge in [0, 0.05) is 111 Å². The minimum Gasteiger partial charge on any atom is -0.389 e. The first kappa shape index (κ1) is 57.1. The highest BCUT2D eigenvalue weighted by Gasteiger charge is 2.43. The van der Waals surface area contributed by atoms with E-state index in [1.165, 1.54) is 6.07 Å². The highest BCUT2D eigenvalue weighted by Crippen LogP contribution is 2.51. The van der Waals surface area contributed by atoms with Gasteiger partial charge in [-0.1, -0.05) is 62.7 Å².